The smallest absolute Gasteiger partial charge is 0.306 e. The van der Waals surface area contributed by atoms with Crippen molar-refractivity contribution in [2.24, 2.45) is 0 Å². The third-order valence-electron chi connectivity index (χ3n) is 18.1. The minimum absolute atomic E-state index is 0.150. The van der Waals surface area contributed by atoms with Crippen molar-refractivity contribution in [3.63, 3.8) is 0 Å². The van der Waals surface area contributed by atoms with Crippen molar-refractivity contribution in [1.82, 2.24) is 0 Å². The number of carbonyl (C=O) groups is 3. The predicted octanol–water partition coefficient (Wildman–Crippen LogP) is 23.8. The molecule has 0 fully saturated rings. The molecular formula is C81H153NO8. The monoisotopic (exact) mass is 1270 g/mol. The Morgan fingerprint density at radius 3 is 0.889 bits per heavy atom. The van der Waals surface area contributed by atoms with Crippen LogP contribution in [0.4, 0.5) is 0 Å². The molecule has 0 saturated heterocycles. The molecule has 0 aromatic heterocycles. The maximum atomic E-state index is 13.0. The number of hydrogen-bond donors (Lipinski definition) is 0. The van der Waals surface area contributed by atoms with Gasteiger partial charge in [-0.1, -0.05) is 378 Å². The topological polar surface area (TPSA) is 111 Å². The lowest BCUT2D eigenvalue weighted by atomic mass is 10.0. The summed E-state index contributed by atoms with van der Waals surface area (Å²) in [4.78, 5) is 37.6. The molecule has 0 amide bonds. The van der Waals surface area contributed by atoms with E-state index >= 15 is 0 Å². The highest BCUT2D eigenvalue weighted by Crippen LogP contribution is 2.20. The molecule has 2 atom stereocenters. The Morgan fingerprint density at radius 1 is 0.333 bits per heavy atom. The quantitative estimate of drug-likeness (QED) is 0.0195. The van der Waals surface area contributed by atoms with Gasteiger partial charge in [-0.15, -0.1) is 0 Å². The van der Waals surface area contributed by atoms with Crippen molar-refractivity contribution in [1.29, 1.82) is 0 Å². The van der Waals surface area contributed by atoms with Crippen LogP contribution >= 0.6 is 0 Å². The molecule has 0 N–H and O–H groups in total. The van der Waals surface area contributed by atoms with Gasteiger partial charge in [0.15, 0.2) is 12.4 Å². The van der Waals surface area contributed by atoms with Crippen LogP contribution in [0.1, 0.15) is 406 Å². The van der Waals surface area contributed by atoms with E-state index in [9.17, 15) is 19.5 Å². The number of esters is 2. The number of unbranched alkanes of at least 4 members (excludes halogenated alkanes) is 54. The fourth-order valence-electron chi connectivity index (χ4n) is 12.1. The molecule has 9 heteroatoms. The van der Waals surface area contributed by atoms with Gasteiger partial charge in [-0.2, -0.15) is 0 Å². The number of carbonyl (C=O) groups excluding carboxylic acids is 3. The molecule has 0 aromatic rings. The number of nitrogens with zero attached hydrogens (tertiary/aromatic N) is 1. The van der Waals surface area contributed by atoms with E-state index in [4.69, 9.17) is 18.9 Å². The number of rotatable bonds is 75. The van der Waals surface area contributed by atoms with Crippen LogP contribution in [0.3, 0.4) is 0 Å². The van der Waals surface area contributed by atoms with Gasteiger partial charge in [0, 0.05) is 12.8 Å². The average molecular weight is 1270 g/mol. The Kier molecular flexibility index (Phi) is 70.3. The first kappa shape index (κ1) is 87.5. The van der Waals surface area contributed by atoms with Crippen LogP contribution in [0.5, 0.6) is 0 Å². The molecule has 0 aromatic carbocycles. The number of ether oxygens (including phenoxy) is 4. The zero-order valence-electron chi connectivity index (χ0n) is 60.8. The Hall–Kier alpha value is -2.49. The summed E-state index contributed by atoms with van der Waals surface area (Å²) in [7, 11) is 5.95. The predicted molar refractivity (Wildman–Crippen MR) is 385 cm³/mol. The van der Waals surface area contributed by atoms with Gasteiger partial charge in [0.2, 0.25) is 0 Å². The Bertz CT molecular complexity index is 1570. The molecule has 0 spiro atoms. The minimum Gasteiger partial charge on any atom is -0.545 e. The molecule has 2 unspecified atom stereocenters. The second kappa shape index (κ2) is 72.3. The lowest BCUT2D eigenvalue weighted by molar-refractivity contribution is -0.870. The van der Waals surface area contributed by atoms with Gasteiger partial charge in [-0.25, -0.2) is 0 Å². The summed E-state index contributed by atoms with van der Waals surface area (Å²) in [6.45, 7) is 4.81. The van der Waals surface area contributed by atoms with Crippen LogP contribution < -0.4 is 5.11 Å². The number of quaternary nitrogens is 1. The number of hydrogen-bond acceptors (Lipinski definition) is 8. The van der Waals surface area contributed by atoms with Crippen molar-refractivity contribution < 1.29 is 42.9 Å². The molecule has 0 aliphatic heterocycles. The first-order valence-corrected chi connectivity index (χ1v) is 39.6. The van der Waals surface area contributed by atoms with E-state index in [0.29, 0.717) is 23.9 Å². The maximum Gasteiger partial charge on any atom is 0.306 e. The summed E-state index contributed by atoms with van der Waals surface area (Å²) < 4.78 is 22.9. The molecule has 0 aliphatic carbocycles. The van der Waals surface area contributed by atoms with Gasteiger partial charge in [0.25, 0.3) is 0 Å². The summed E-state index contributed by atoms with van der Waals surface area (Å²) >= 11 is 0. The highest BCUT2D eigenvalue weighted by Gasteiger charge is 2.22. The van der Waals surface area contributed by atoms with Gasteiger partial charge in [0.1, 0.15) is 13.2 Å². The number of likely N-dealkylation sites (N-methyl/N-ethyl adjacent to an activating group) is 1. The van der Waals surface area contributed by atoms with Gasteiger partial charge >= 0.3 is 11.9 Å². The Morgan fingerprint density at radius 2 is 0.600 bits per heavy atom. The van der Waals surface area contributed by atoms with E-state index in [1.807, 2.05) is 21.1 Å². The first-order valence-electron chi connectivity index (χ1n) is 39.6. The highest BCUT2D eigenvalue weighted by atomic mass is 16.7. The molecular weight excluding hydrogens is 1110 g/mol. The van der Waals surface area contributed by atoms with Crippen LogP contribution in [0.15, 0.2) is 36.5 Å². The van der Waals surface area contributed by atoms with Crippen LogP contribution in [-0.2, 0) is 33.3 Å². The fraction of sp³-hybridized carbons (Fsp3) is 0.889. The van der Waals surface area contributed by atoms with Crippen molar-refractivity contribution in [3.8, 4) is 0 Å². The van der Waals surface area contributed by atoms with Gasteiger partial charge in [-0.3, -0.25) is 9.59 Å². The summed E-state index contributed by atoms with van der Waals surface area (Å²) in [6, 6.07) is 0. The van der Waals surface area contributed by atoms with Gasteiger partial charge in [-0.05, 0) is 51.4 Å². The van der Waals surface area contributed by atoms with E-state index < -0.39 is 24.3 Å². The second-order valence-electron chi connectivity index (χ2n) is 28.4. The van der Waals surface area contributed by atoms with Gasteiger partial charge in [0.05, 0.1) is 40.3 Å². The van der Waals surface area contributed by atoms with Crippen molar-refractivity contribution in [3.05, 3.63) is 36.5 Å². The summed E-state index contributed by atoms with van der Waals surface area (Å²) in [5.41, 5.74) is 0. The van der Waals surface area contributed by atoms with Gasteiger partial charge < -0.3 is 33.3 Å². The third kappa shape index (κ3) is 72.9. The highest BCUT2D eigenvalue weighted by molar-refractivity contribution is 5.70. The van der Waals surface area contributed by atoms with E-state index in [2.05, 4.69) is 50.3 Å². The largest absolute Gasteiger partial charge is 0.545 e. The average Bonchev–Trinajstić information content (AvgIpc) is 3.74. The molecule has 0 saturated carbocycles. The van der Waals surface area contributed by atoms with E-state index in [0.717, 1.165) is 44.9 Å². The molecule has 9 nitrogen and oxygen atoms in total. The lowest BCUT2D eigenvalue weighted by Gasteiger charge is -2.26. The van der Waals surface area contributed by atoms with E-state index in [1.54, 1.807) is 0 Å². The number of carboxylic acid groups (broad SMARTS) is 1. The molecule has 530 valence electrons. The fourth-order valence-corrected chi connectivity index (χ4v) is 12.1. The van der Waals surface area contributed by atoms with Crippen LogP contribution in [0.2, 0.25) is 0 Å². The van der Waals surface area contributed by atoms with E-state index in [1.165, 1.54) is 327 Å². The SMILES string of the molecule is CCCCCCC/C=C\C/C=C\C/C=C\CCCCCCCCCCCCCCCCC(=O)OC(COC(=O)CCCCCCCCCCCCCCCCCCCCCCCCCCCCCCCCCCCCCC)COC(OCC[N+](C)(C)C)C(=O)[O-]. The number of allylic oxidation sites excluding steroid dienone is 6. The zero-order valence-corrected chi connectivity index (χ0v) is 60.8. The van der Waals surface area contributed by atoms with Crippen LogP contribution in [-0.4, -0.2) is 82.3 Å². The molecule has 90 heavy (non-hydrogen) atoms. The molecule has 0 bridgehead atoms. The lowest BCUT2D eigenvalue weighted by Crippen LogP contribution is -2.44. The van der Waals surface area contributed by atoms with E-state index in [-0.39, 0.29) is 32.2 Å². The maximum absolute atomic E-state index is 13.0. The third-order valence-corrected chi connectivity index (χ3v) is 18.1. The summed E-state index contributed by atoms with van der Waals surface area (Å²) in [5.74, 6) is -2.25. The van der Waals surface area contributed by atoms with Crippen LogP contribution in [0, 0.1) is 0 Å². The Labute approximate surface area is 560 Å². The molecule has 0 rings (SSSR count). The van der Waals surface area contributed by atoms with Crippen LogP contribution in [0.25, 0.3) is 0 Å². The molecule has 0 aliphatic rings. The number of aliphatic carboxylic acids is 1. The second-order valence-corrected chi connectivity index (χ2v) is 28.4. The molecule has 0 radical (unpaired) electrons. The normalized spacial score (nSPS) is 12.8. The minimum atomic E-state index is -1.62. The first-order chi connectivity index (χ1) is 44.1. The zero-order chi connectivity index (χ0) is 65.4. The molecule has 0 heterocycles. The Balaban J connectivity index is 3.97. The standard InChI is InChI=1S/C81H153NO8/c1-6-8-10-12-14-16-18-20-22-24-26-28-30-32-34-36-37-38-39-40-41-42-44-45-47-49-51-53-55-57-59-61-63-65-67-69-71-78(83)88-75-77(76-89-81(80(85)86)87-74-73-82(3,4)5)90-79(84)72-70-68-66-64-62-60-58-56-54-52-50-48-46-43-35-33-31-29-27-25-23-21-19-17-15-13-11-9-7-2/h19,21,25,27,31,33,77,81H,6-18,20,22-24,26,28-30,32,34-76H2,1-5H3/b21-19-,27-25-,33-31-. The number of carboxylic acids is 1. The van der Waals surface area contributed by atoms with Crippen molar-refractivity contribution in [2.45, 2.75) is 418 Å². The van der Waals surface area contributed by atoms with Crippen molar-refractivity contribution in [2.75, 3.05) is 47.5 Å². The summed E-state index contributed by atoms with van der Waals surface area (Å²) in [6.07, 6.45) is 89.9. The van der Waals surface area contributed by atoms with Crippen molar-refractivity contribution >= 4 is 17.9 Å². The summed E-state index contributed by atoms with van der Waals surface area (Å²) in [5, 5.41) is 11.9.